The lowest BCUT2D eigenvalue weighted by Crippen LogP contribution is -2.12. The topological polar surface area (TPSA) is 68.3 Å². The number of para-hydroxylation sites is 3. The number of carbonyl (C=O) groups is 1. The van der Waals surface area contributed by atoms with Crippen LogP contribution >= 0.6 is 11.6 Å². The average molecular weight is 403 g/mol. The van der Waals surface area contributed by atoms with E-state index in [2.05, 4.69) is 10.3 Å². The molecule has 5 nitrogen and oxygen atoms in total. The molecule has 0 radical (unpaired) electrons. The minimum Gasteiger partial charge on any atom is -0.451 e. The van der Waals surface area contributed by atoms with Crippen LogP contribution in [0.1, 0.15) is 16.1 Å². The van der Waals surface area contributed by atoms with Crippen LogP contribution in [0.5, 0.6) is 0 Å². The van der Waals surface area contributed by atoms with Gasteiger partial charge in [0.15, 0.2) is 11.3 Å². The Kier molecular flexibility index (Phi) is 4.11. The Morgan fingerprint density at radius 2 is 1.72 bits per heavy atom. The number of hydrogen-bond acceptors (Lipinski definition) is 4. The zero-order valence-corrected chi connectivity index (χ0v) is 16.2. The molecule has 5 aromatic rings. The molecule has 0 aliphatic heterocycles. The molecule has 2 aromatic heterocycles. The third-order valence-corrected chi connectivity index (χ3v) is 5.13. The fraction of sp³-hybridized carbons (Fsp3) is 0.0435. The number of hydrogen-bond donors (Lipinski definition) is 1. The summed E-state index contributed by atoms with van der Waals surface area (Å²) in [6.45, 7) is 1.86. The highest BCUT2D eigenvalue weighted by molar-refractivity contribution is 6.34. The van der Waals surface area contributed by atoms with Gasteiger partial charge in [-0.2, -0.15) is 0 Å². The molecule has 0 unspecified atom stereocenters. The molecule has 0 bridgehead atoms. The summed E-state index contributed by atoms with van der Waals surface area (Å²) >= 11 is 6.32. The lowest BCUT2D eigenvalue weighted by atomic mass is 10.1. The Bertz CT molecular complexity index is 1350. The van der Waals surface area contributed by atoms with Crippen LogP contribution in [0.4, 0.5) is 5.69 Å². The van der Waals surface area contributed by atoms with Crippen LogP contribution in [0.2, 0.25) is 5.02 Å². The lowest BCUT2D eigenvalue weighted by Gasteiger charge is -2.07. The Labute approximate surface area is 170 Å². The van der Waals surface area contributed by atoms with Gasteiger partial charge < -0.3 is 14.2 Å². The number of benzene rings is 3. The first kappa shape index (κ1) is 17.5. The second kappa shape index (κ2) is 6.79. The summed E-state index contributed by atoms with van der Waals surface area (Å²) in [7, 11) is 0. The first-order valence-electron chi connectivity index (χ1n) is 9.05. The molecular weight excluding hydrogens is 388 g/mol. The van der Waals surface area contributed by atoms with E-state index in [4.69, 9.17) is 20.4 Å². The predicted molar refractivity (Wildman–Crippen MR) is 113 cm³/mol. The summed E-state index contributed by atoms with van der Waals surface area (Å²) in [4.78, 5) is 17.3. The van der Waals surface area contributed by atoms with Gasteiger partial charge in [-0.25, -0.2) is 4.98 Å². The smallest absolute Gasteiger partial charge is 0.291 e. The largest absolute Gasteiger partial charge is 0.451 e. The van der Waals surface area contributed by atoms with E-state index >= 15 is 0 Å². The molecule has 0 saturated heterocycles. The SMILES string of the molecule is Cc1c(C(=O)Nc2cc(-c3nc4ccccc4o3)ccc2Cl)oc2ccccc12. The van der Waals surface area contributed by atoms with Gasteiger partial charge in [0.1, 0.15) is 11.1 Å². The molecule has 3 aromatic carbocycles. The second-order valence-electron chi connectivity index (χ2n) is 6.69. The van der Waals surface area contributed by atoms with E-state index in [-0.39, 0.29) is 11.7 Å². The molecule has 0 spiro atoms. The van der Waals surface area contributed by atoms with Crippen molar-refractivity contribution in [2.24, 2.45) is 0 Å². The summed E-state index contributed by atoms with van der Waals surface area (Å²) < 4.78 is 11.6. The Morgan fingerprint density at radius 3 is 2.52 bits per heavy atom. The number of aryl methyl sites for hydroxylation is 1. The molecule has 0 aliphatic rings. The number of nitrogens with one attached hydrogen (secondary N) is 1. The maximum atomic E-state index is 12.8. The van der Waals surface area contributed by atoms with Crippen molar-refractivity contribution in [2.75, 3.05) is 5.32 Å². The summed E-state index contributed by atoms with van der Waals surface area (Å²) in [5.41, 5.74) is 4.08. The van der Waals surface area contributed by atoms with Gasteiger partial charge in [-0.05, 0) is 43.3 Å². The molecule has 2 heterocycles. The van der Waals surface area contributed by atoms with Crippen molar-refractivity contribution in [1.82, 2.24) is 4.98 Å². The number of carbonyl (C=O) groups excluding carboxylic acids is 1. The highest BCUT2D eigenvalue weighted by Crippen LogP contribution is 2.32. The molecule has 1 N–H and O–H groups in total. The van der Waals surface area contributed by atoms with E-state index in [1.54, 1.807) is 18.2 Å². The summed E-state index contributed by atoms with van der Waals surface area (Å²) in [6.07, 6.45) is 0. The van der Waals surface area contributed by atoms with Gasteiger partial charge >= 0.3 is 0 Å². The maximum Gasteiger partial charge on any atom is 0.291 e. The van der Waals surface area contributed by atoms with Crippen LogP contribution in [0, 0.1) is 6.92 Å². The van der Waals surface area contributed by atoms with Crippen LogP contribution in [0.25, 0.3) is 33.5 Å². The van der Waals surface area contributed by atoms with E-state index < -0.39 is 0 Å². The lowest BCUT2D eigenvalue weighted by molar-refractivity contribution is 0.0998. The molecule has 5 rings (SSSR count). The van der Waals surface area contributed by atoms with Gasteiger partial charge in [0.05, 0.1) is 10.7 Å². The zero-order chi connectivity index (χ0) is 20.0. The number of oxazole rings is 1. The van der Waals surface area contributed by atoms with E-state index in [0.29, 0.717) is 33.3 Å². The van der Waals surface area contributed by atoms with Crippen LogP contribution < -0.4 is 5.32 Å². The normalized spacial score (nSPS) is 11.2. The van der Waals surface area contributed by atoms with E-state index in [9.17, 15) is 4.79 Å². The molecule has 142 valence electrons. The molecule has 0 saturated carbocycles. The number of nitrogens with zero attached hydrogens (tertiary/aromatic N) is 1. The third-order valence-electron chi connectivity index (χ3n) is 4.81. The van der Waals surface area contributed by atoms with Crippen molar-refractivity contribution in [3.8, 4) is 11.5 Å². The van der Waals surface area contributed by atoms with Crippen molar-refractivity contribution in [2.45, 2.75) is 6.92 Å². The fourth-order valence-corrected chi connectivity index (χ4v) is 3.48. The Morgan fingerprint density at radius 1 is 0.966 bits per heavy atom. The van der Waals surface area contributed by atoms with Gasteiger partial charge in [0, 0.05) is 16.5 Å². The average Bonchev–Trinajstić information content (AvgIpc) is 3.31. The number of fused-ring (bicyclic) bond motifs is 2. The molecule has 29 heavy (non-hydrogen) atoms. The van der Waals surface area contributed by atoms with Crippen molar-refractivity contribution in [1.29, 1.82) is 0 Å². The van der Waals surface area contributed by atoms with Crippen molar-refractivity contribution >= 4 is 45.3 Å². The Balaban J connectivity index is 1.50. The van der Waals surface area contributed by atoms with Gasteiger partial charge in [0.2, 0.25) is 5.89 Å². The monoisotopic (exact) mass is 402 g/mol. The van der Waals surface area contributed by atoms with Crippen molar-refractivity contribution in [3.63, 3.8) is 0 Å². The number of halogens is 1. The van der Waals surface area contributed by atoms with E-state index in [1.807, 2.05) is 55.5 Å². The van der Waals surface area contributed by atoms with Gasteiger partial charge in [-0.1, -0.05) is 41.9 Å². The van der Waals surface area contributed by atoms with Crippen LogP contribution in [-0.2, 0) is 0 Å². The zero-order valence-electron chi connectivity index (χ0n) is 15.4. The summed E-state index contributed by atoms with van der Waals surface area (Å²) in [6, 6.07) is 20.3. The number of anilines is 1. The predicted octanol–water partition coefficient (Wildman–Crippen LogP) is 6.46. The van der Waals surface area contributed by atoms with Gasteiger partial charge in [-0.3, -0.25) is 4.79 Å². The first-order valence-corrected chi connectivity index (χ1v) is 9.43. The van der Waals surface area contributed by atoms with Crippen LogP contribution in [0.15, 0.2) is 75.6 Å². The fourth-order valence-electron chi connectivity index (χ4n) is 3.32. The minimum atomic E-state index is -0.365. The summed E-state index contributed by atoms with van der Waals surface area (Å²) in [5, 5.41) is 4.15. The highest BCUT2D eigenvalue weighted by atomic mass is 35.5. The summed E-state index contributed by atoms with van der Waals surface area (Å²) in [5.74, 6) is 0.350. The number of aromatic nitrogens is 1. The number of rotatable bonds is 3. The first-order chi connectivity index (χ1) is 14.1. The van der Waals surface area contributed by atoms with Gasteiger partial charge in [0.25, 0.3) is 5.91 Å². The maximum absolute atomic E-state index is 12.8. The van der Waals surface area contributed by atoms with Crippen molar-refractivity contribution in [3.05, 3.63) is 83.1 Å². The minimum absolute atomic E-state index is 0.259. The van der Waals surface area contributed by atoms with Crippen molar-refractivity contribution < 1.29 is 13.6 Å². The van der Waals surface area contributed by atoms with Crippen LogP contribution in [0.3, 0.4) is 0 Å². The second-order valence-corrected chi connectivity index (χ2v) is 7.10. The van der Waals surface area contributed by atoms with E-state index in [1.165, 1.54) is 0 Å². The third kappa shape index (κ3) is 3.05. The molecule has 0 fully saturated rings. The standard InChI is InChI=1S/C23H15ClN2O3/c1-13-15-6-2-4-8-19(15)28-21(13)22(27)25-18-12-14(10-11-16(18)24)23-26-17-7-3-5-9-20(17)29-23/h2-12H,1H3,(H,25,27). The molecular formula is C23H15ClN2O3. The molecule has 0 atom stereocenters. The van der Waals surface area contributed by atoms with Crippen LogP contribution in [-0.4, -0.2) is 10.9 Å². The molecule has 0 aliphatic carbocycles. The molecule has 6 heteroatoms. The van der Waals surface area contributed by atoms with Gasteiger partial charge in [-0.15, -0.1) is 0 Å². The molecule has 1 amide bonds. The Hall–Kier alpha value is -3.57. The van der Waals surface area contributed by atoms with E-state index in [0.717, 1.165) is 16.5 Å². The quantitative estimate of drug-likeness (QED) is 0.376. The highest BCUT2D eigenvalue weighted by Gasteiger charge is 2.19. The number of furan rings is 1. The number of amides is 1.